The number of phenols is 1. The van der Waals surface area contributed by atoms with E-state index in [-0.39, 0.29) is 5.75 Å². The van der Waals surface area contributed by atoms with Gasteiger partial charge in [-0.15, -0.1) is 0 Å². The van der Waals surface area contributed by atoms with E-state index in [0.717, 1.165) is 0 Å². The highest BCUT2D eigenvalue weighted by Gasteiger charge is 1.96. The molecule has 0 amide bonds. The van der Waals surface area contributed by atoms with E-state index < -0.39 is 0 Å². The van der Waals surface area contributed by atoms with Crippen LogP contribution in [-0.4, -0.2) is 12.2 Å². The number of anilines is 1. The lowest BCUT2D eigenvalue weighted by molar-refractivity contribution is 0.477. The van der Waals surface area contributed by atoms with Crippen LogP contribution in [0.1, 0.15) is 0 Å². The van der Waals surface area contributed by atoms with Crippen molar-refractivity contribution in [2.24, 2.45) is 0 Å². The van der Waals surface area contributed by atoms with Gasteiger partial charge in [-0.3, -0.25) is 0 Å². The van der Waals surface area contributed by atoms with Crippen LogP contribution in [0, 0.1) is 0 Å². The van der Waals surface area contributed by atoms with E-state index in [0.29, 0.717) is 10.7 Å². The van der Waals surface area contributed by atoms with Gasteiger partial charge in [-0.25, -0.2) is 0 Å². The molecule has 0 unspecified atom stereocenters. The summed E-state index contributed by atoms with van der Waals surface area (Å²) >= 11 is 5.59. The first-order chi connectivity index (χ1) is 4.74. The normalized spacial score (nSPS) is 9.40. The molecule has 54 valence electrons. The van der Waals surface area contributed by atoms with Gasteiger partial charge in [0.1, 0.15) is 5.75 Å². The first-order valence-corrected chi connectivity index (χ1v) is 3.28. The minimum Gasteiger partial charge on any atom is -0.506 e. The van der Waals surface area contributed by atoms with E-state index in [1.54, 1.807) is 19.2 Å². The summed E-state index contributed by atoms with van der Waals surface area (Å²) in [5.41, 5.74) is 0.685. The van der Waals surface area contributed by atoms with Crippen LogP contribution in [0.4, 0.5) is 5.69 Å². The maximum Gasteiger partial charge on any atom is 0.140 e. The monoisotopic (exact) mass is 157 g/mol. The highest BCUT2D eigenvalue weighted by Crippen LogP contribution is 2.25. The number of halogens is 1. The zero-order valence-corrected chi connectivity index (χ0v) is 6.31. The lowest BCUT2D eigenvalue weighted by Crippen LogP contribution is -1.86. The molecule has 0 radical (unpaired) electrons. The summed E-state index contributed by atoms with van der Waals surface area (Å²) in [6, 6.07) is 4.93. The lowest BCUT2D eigenvalue weighted by atomic mass is 10.3. The molecule has 0 aromatic heterocycles. The summed E-state index contributed by atoms with van der Waals surface area (Å²) in [5.74, 6) is 0.176. The predicted octanol–water partition coefficient (Wildman–Crippen LogP) is 2.09. The molecule has 10 heavy (non-hydrogen) atoms. The van der Waals surface area contributed by atoms with Crippen LogP contribution in [0.15, 0.2) is 18.2 Å². The fourth-order valence-corrected chi connectivity index (χ4v) is 0.883. The molecular formula is C7H8ClNO. The molecule has 0 saturated heterocycles. The van der Waals surface area contributed by atoms with Crippen LogP contribution in [-0.2, 0) is 0 Å². The van der Waals surface area contributed by atoms with Crippen molar-refractivity contribution in [1.82, 2.24) is 0 Å². The Morgan fingerprint density at radius 3 is 2.70 bits per heavy atom. The second-order valence-electron chi connectivity index (χ2n) is 1.91. The Morgan fingerprint density at radius 1 is 1.50 bits per heavy atom. The molecular weight excluding hydrogens is 150 g/mol. The maximum atomic E-state index is 9.14. The zero-order chi connectivity index (χ0) is 7.56. The summed E-state index contributed by atoms with van der Waals surface area (Å²) in [6.45, 7) is 0. The Balaban J connectivity index is 3.07. The van der Waals surface area contributed by atoms with Crippen molar-refractivity contribution < 1.29 is 5.11 Å². The second-order valence-corrected chi connectivity index (χ2v) is 2.35. The van der Waals surface area contributed by atoms with Crippen LogP contribution in [0.5, 0.6) is 5.75 Å². The Kier molecular flexibility index (Phi) is 2.02. The van der Waals surface area contributed by atoms with Gasteiger partial charge < -0.3 is 10.4 Å². The van der Waals surface area contributed by atoms with Crippen molar-refractivity contribution >= 4 is 17.3 Å². The van der Waals surface area contributed by atoms with E-state index in [1.165, 1.54) is 6.07 Å². The van der Waals surface area contributed by atoms with Crippen LogP contribution in [0.3, 0.4) is 0 Å². The topological polar surface area (TPSA) is 32.3 Å². The summed E-state index contributed by atoms with van der Waals surface area (Å²) in [4.78, 5) is 0. The molecule has 0 aliphatic heterocycles. The first-order valence-electron chi connectivity index (χ1n) is 2.90. The third-order valence-electron chi connectivity index (χ3n) is 1.23. The van der Waals surface area contributed by atoms with E-state index in [2.05, 4.69) is 5.32 Å². The number of nitrogens with one attached hydrogen (secondary N) is 1. The molecule has 1 aromatic carbocycles. The lowest BCUT2D eigenvalue weighted by Gasteiger charge is -2.01. The van der Waals surface area contributed by atoms with Crippen molar-refractivity contribution in [3.05, 3.63) is 23.2 Å². The van der Waals surface area contributed by atoms with Gasteiger partial charge in [-0.1, -0.05) is 11.6 Å². The SMILES string of the molecule is CNc1ccc(Cl)cc1O. The molecule has 1 rings (SSSR count). The van der Waals surface area contributed by atoms with Crippen molar-refractivity contribution in [1.29, 1.82) is 0 Å². The Hall–Kier alpha value is -0.890. The number of hydrogen-bond donors (Lipinski definition) is 2. The standard InChI is InChI=1S/C7H8ClNO/c1-9-6-3-2-5(8)4-7(6)10/h2-4,9-10H,1H3. The molecule has 2 nitrogen and oxygen atoms in total. The van der Waals surface area contributed by atoms with Crippen LogP contribution in [0.2, 0.25) is 5.02 Å². The second kappa shape index (κ2) is 2.80. The quantitative estimate of drug-likeness (QED) is 0.612. The summed E-state index contributed by atoms with van der Waals surface area (Å²) in [5, 5.41) is 12.5. The molecule has 3 heteroatoms. The molecule has 0 fully saturated rings. The van der Waals surface area contributed by atoms with Gasteiger partial charge in [0.15, 0.2) is 0 Å². The van der Waals surface area contributed by atoms with Gasteiger partial charge in [0.05, 0.1) is 5.69 Å². The highest BCUT2D eigenvalue weighted by molar-refractivity contribution is 6.30. The summed E-state index contributed by atoms with van der Waals surface area (Å²) < 4.78 is 0. The highest BCUT2D eigenvalue weighted by atomic mass is 35.5. The zero-order valence-electron chi connectivity index (χ0n) is 5.56. The Morgan fingerprint density at radius 2 is 2.20 bits per heavy atom. The molecule has 0 atom stereocenters. The Labute approximate surface area is 64.4 Å². The average Bonchev–Trinajstić information content (AvgIpc) is 1.88. The number of benzene rings is 1. The van der Waals surface area contributed by atoms with E-state index >= 15 is 0 Å². The maximum absolute atomic E-state index is 9.14. The van der Waals surface area contributed by atoms with Crippen molar-refractivity contribution in [3.63, 3.8) is 0 Å². The van der Waals surface area contributed by atoms with Crippen LogP contribution < -0.4 is 5.32 Å². The summed E-state index contributed by atoms with van der Waals surface area (Å²) in [6.07, 6.45) is 0. The van der Waals surface area contributed by atoms with Gasteiger partial charge >= 0.3 is 0 Å². The van der Waals surface area contributed by atoms with E-state index in [4.69, 9.17) is 16.7 Å². The smallest absolute Gasteiger partial charge is 0.140 e. The third kappa shape index (κ3) is 1.33. The fourth-order valence-electron chi connectivity index (χ4n) is 0.716. The third-order valence-corrected chi connectivity index (χ3v) is 1.46. The van der Waals surface area contributed by atoms with Crippen molar-refractivity contribution in [2.75, 3.05) is 12.4 Å². The average molecular weight is 158 g/mol. The molecule has 0 bridgehead atoms. The molecule has 2 N–H and O–H groups in total. The number of aromatic hydroxyl groups is 1. The number of hydrogen-bond acceptors (Lipinski definition) is 2. The molecule has 1 aromatic rings. The molecule has 0 aliphatic carbocycles. The minimum absolute atomic E-state index is 0.176. The van der Waals surface area contributed by atoms with E-state index in [9.17, 15) is 0 Å². The molecule has 0 saturated carbocycles. The van der Waals surface area contributed by atoms with Crippen molar-refractivity contribution in [2.45, 2.75) is 0 Å². The number of rotatable bonds is 1. The van der Waals surface area contributed by atoms with E-state index in [1.807, 2.05) is 0 Å². The van der Waals surface area contributed by atoms with Gasteiger partial charge in [0.2, 0.25) is 0 Å². The fraction of sp³-hybridized carbons (Fsp3) is 0.143. The Bertz CT molecular complexity index is 237. The minimum atomic E-state index is 0.176. The van der Waals surface area contributed by atoms with Crippen LogP contribution in [0.25, 0.3) is 0 Å². The predicted molar refractivity (Wildman–Crippen MR) is 42.7 cm³/mol. The molecule has 0 heterocycles. The summed E-state index contributed by atoms with van der Waals surface area (Å²) in [7, 11) is 1.74. The van der Waals surface area contributed by atoms with Gasteiger partial charge in [0, 0.05) is 18.1 Å². The first kappa shape index (κ1) is 7.22. The largest absolute Gasteiger partial charge is 0.506 e. The van der Waals surface area contributed by atoms with Crippen molar-refractivity contribution in [3.8, 4) is 5.75 Å². The van der Waals surface area contributed by atoms with Gasteiger partial charge in [-0.2, -0.15) is 0 Å². The van der Waals surface area contributed by atoms with Gasteiger partial charge in [0.25, 0.3) is 0 Å². The molecule has 0 spiro atoms. The van der Waals surface area contributed by atoms with Crippen LogP contribution >= 0.6 is 11.6 Å². The molecule has 0 aliphatic rings. The van der Waals surface area contributed by atoms with Gasteiger partial charge in [-0.05, 0) is 12.1 Å². The number of phenolic OH excluding ortho intramolecular Hbond substituents is 1.